The molecule has 4 rings (SSSR count). The zero-order chi connectivity index (χ0) is 29.7. The first-order chi connectivity index (χ1) is 19.5. The smallest absolute Gasteiger partial charge is 0.410 e. The second kappa shape index (κ2) is 12.8. The minimum Gasteiger partial charge on any atom is -0.445 e. The zero-order valence-electron chi connectivity index (χ0n) is 22.2. The van der Waals surface area contributed by atoms with E-state index in [4.69, 9.17) is 9.47 Å². The highest BCUT2D eigenvalue weighted by atomic mass is 32.1. The van der Waals surface area contributed by atoms with Gasteiger partial charge in [-0.3, -0.25) is 29.9 Å². The number of amides is 3. The van der Waals surface area contributed by atoms with Gasteiger partial charge in [-0.25, -0.2) is 9.59 Å². The molecule has 0 radical (unpaired) electrons. The Morgan fingerprint density at radius 2 is 1.34 bits per heavy atom. The summed E-state index contributed by atoms with van der Waals surface area (Å²) in [6.45, 7) is 2.57. The van der Waals surface area contributed by atoms with Gasteiger partial charge in [-0.1, -0.05) is 0 Å². The van der Waals surface area contributed by atoms with Crippen LogP contribution in [0.2, 0.25) is 0 Å². The van der Waals surface area contributed by atoms with Crippen LogP contribution in [0.3, 0.4) is 0 Å². The van der Waals surface area contributed by atoms with E-state index < -0.39 is 28.1 Å². The number of piperazine rings is 1. The second-order valence-electron chi connectivity index (χ2n) is 9.84. The molecule has 2 aromatic rings. The maximum Gasteiger partial charge on any atom is 0.410 e. The third kappa shape index (κ3) is 7.22. The van der Waals surface area contributed by atoms with Gasteiger partial charge in [0.15, 0.2) is 0 Å². The van der Waals surface area contributed by atoms with Crippen LogP contribution >= 0.6 is 12.6 Å². The fraction of sp³-hybridized carbons (Fsp3) is 0.423. The van der Waals surface area contributed by atoms with Crippen molar-refractivity contribution in [2.75, 3.05) is 26.2 Å². The van der Waals surface area contributed by atoms with E-state index in [0.717, 1.165) is 0 Å². The third-order valence-corrected chi connectivity index (χ3v) is 7.36. The lowest BCUT2D eigenvalue weighted by atomic mass is 10.1. The Kier molecular flexibility index (Phi) is 9.27. The standard InChI is InChI=1S/C26H29N5O9S/c1-17-13-27(25(33)39-15-18-2-6-20(7-3-18)30(35)36)10-11-28(17)24(32)23-12-22(41)14-29(23)26(34)40-16-19-4-8-21(9-5-19)31(37)38/h2-9,17,22-23,41H,10-16H2,1H3/t17?,22-,23+/m0/s1. The van der Waals surface area contributed by atoms with Crippen LogP contribution in [-0.2, 0) is 27.5 Å². The number of rotatable bonds is 7. The summed E-state index contributed by atoms with van der Waals surface area (Å²) in [5, 5.41) is 21.4. The fourth-order valence-electron chi connectivity index (χ4n) is 4.78. The van der Waals surface area contributed by atoms with Crippen molar-refractivity contribution < 1.29 is 33.7 Å². The number of nitro benzene ring substituents is 2. The molecule has 0 aromatic heterocycles. The van der Waals surface area contributed by atoms with Crippen molar-refractivity contribution >= 4 is 42.1 Å². The van der Waals surface area contributed by atoms with Crippen LogP contribution in [0.15, 0.2) is 48.5 Å². The van der Waals surface area contributed by atoms with Crippen molar-refractivity contribution in [2.24, 2.45) is 0 Å². The van der Waals surface area contributed by atoms with E-state index in [0.29, 0.717) is 17.5 Å². The minimum atomic E-state index is -0.773. The Morgan fingerprint density at radius 1 is 0.829 bits per heavy atom. The molecule has 0 spiro atoms. The molecule has 0 N–H and O–H groups in total. The van der Waals surface area contributed by atoms with Gasteiger partial charge in [0.25, 0.3) is 11.4 Å². The normalized spacial score (nSPS) is 20.4. The number of hydrogen-bond donors (Lipinski definition) is 1. The van der Waals surface area contributed by atoms with Crippen molar-refractivity contribution in [1.82, 2.24) is 14.7 Å². The molecular formula is C26H29N5O9S. The maximum absolute atomic E-state index is 13.5. The van der Waals surface area contributed by atoms with Gasteiger partial charge in [-0.15, -0.1) is 0 Å². The van der Waals surface area contributed by atoms with Crippen LogP contribution in [0.1, 0.15) is 24.5 Å². The van der Waals surface area contributed by atoms with E-state index in [1.807, 2.05) is 0 Å². The summed E-state index contributed by atoms with van der Waals surface area (Å²) < 4.78 is 10.8. The number of nitrogens with zero attached hydrogens (tertiary/aromatic N) is 5. The largest absolute Gasteiger partial charge is 0.445 e. The summed E-state index contributed by atoms with van der Waals surface area (Å²) in [6, 6.07) is 10.2. The molecule has 2 saturated heterocycles. The number of benzene rings is 2. The van der Waals surface area contributed by atoms with E-state index in [1.54, 1.807) is 11.8 Å². The highest BCUT2D eigenvalue weighted by Crippen LogP contribution is 2.26. The summed E-state index contributed by atoms with van der Waals surface area (Å²) in [7, 11) is 0. The van der Waals surface area contributed by atoms with E-state index >= 15 is 0 Å². The van der Waals surface area contributed by atoms with Gasteiger partial charge in [0.2, 0.25) is 5.91 Å². The topological polar surface area (TPSA) is 166 Å². The number of carbonyl (C=O) groups excluding carboxylic acids is 3. The fourth-order valence-corrected chi connectivity index (χ4v) is 5.16. The van der Waals surface area contributed by atoms with Crippen LogP contribution in [-0.4, -0.2) is 86.2 Å². The minimum absolute atomic E-state index is 0.0489. The quantitative estimate of drug-likeness (QED) is 0.290. The summed E-state index contributed by atoms with van der Waals surface area (Å²) in [5.74, 6) is -0.264. The molecule has 2 fully saturated rings. The molecule has 2 aromatic carbocycles. The molecule has 14 nitrogen and oxygen atoms in total. The highest BCUT2D eigenvalue weighted by Gasteiger charge is 2.43. The van der Waals surface area contributed by atoms with Gasteiger partial charge in [0, 0.05) is 61.7 Å². The molecule has 3 atom stereocenters. The molecule has 41 heavy (non-hydrogen) atoms. The summed E-state index contributed by atoms with van der Waals surface area (Å²) in [4.78, 5) is 64.1. The van der Waals surface area contributed by atoms with Crippen LogP contribution < -0.4 is 0 Å². The molecule has 2 heterocycles. The van der Waals surface area contributed by atoms with Crippen molar-refractivity contribution in [3.63, 3.8) is 0 Å². The van der Waals surface area contributed by atoms with Gasteiger partial charge in [-0.2, -0.15) is 12.6 Å². The second-order valence-corrected chi connectivity index (χ2v) is 10.6. The predicted molar refractivity (Wildman–Crippen MR) is 147 cm³/mol. The Labute approximate surface area is 240 Å². The van der Waals surface area contributed by atoms with Crippen LogP contribution in [0.4, 0.5) is 21.0 Å². The first kappa shape index (κ1) is 29.6. The number of thiol groups is 1. The first-order valence-corrected chi connectivity index (χ1v) is 13.4. The Morgan fingerprint density at radius 3 is 1.83 bits per heavy atom. The van der Waals surface area contributed by atoms with E-state index in [2.05, 4.69) is 12.6 Å². The van der Waals surface area contributed by atoms with Crippen LogP contribution in [0.25, 0.3) is 0 Å². The van der Waals surface area contributed by atoms with Crippen molar-refractivity contribution in [3.05, 3.63) is 79.9 Å². The molecule has 1 unspecified atom stereocenters. The average molecular weight is 588 g/mol. The number of ether oxygens (including phenoxy) is 2. The van der Waals surface area contributed by atoms with Crippen molar-refractivity contribution in [2.45, 2.75) is 43.9 Å². The van der Waals surface area contributed by atoms with Gasteiger partial charge in [0.05, 0.1) is 9.85 Å². The lowest BCUT2D eigenvalue weighted by Crippen LogP contribution is -2.59. The summed E-state index contributed by atoms with van der Waals surface area (Å²) in [6.07, 6.45) is -0.895. The van der Waals surface area contributed by atoms with Gasteiger partial charge < -0.3 is 19.3 Å². The summed E-state index contributed by atoms with van der Waals surface area (Å²) >= 11 is 4.48. The molecule has 3 amide bonds. The monoisotopic (exact) mass is 587 g/mol. The molecule has 2 aliphatic rings. The van der Waals surface area contributed by atoms with E-state index in [1.165, 1.54) is 58.3 Å². The molecule has 0 bridgehead atoms. The Balaban J connectivity index is 1.29. The molecule has 15 heteroatoms. The van der Waals surface area contributed by atoms with Crippen molar-refractivity contribution in [1.29, 1.82) is 0 Å². The third-order valence-electron chi connectivity index (χ3n) is 6.99. The first-order valence-electron chi connectivity index (χ1n) is 12.8. The number of non-ortho nitro benzene ring substituents is 2. The predicted octanol–water partition coefficient (Wildman–Crippen LogP) is 3.38. The lowest BCUT2D eigenvalue weighted by molar-refractivity contribution is -0.385. The molecule has 0 aliphatic carbocycles. The number of hydrogen-bond acceptors (Lipinski definition) is 10. The summed E-state index contributed by atoms with van der Waals surface area (Å²) in [5.41, 5.74) is 1.04. The number of likely N-dealkylation sites (tertiary alicyclic amines) is 1. The van der Waals surface area contributed by atoms with Gasteiger partial charge >= 0.3 is 12.2 Å². The van der Waals surface area contributed by atoms with Gasteiger partial charge in [0.1, 0.15) is 19.3 Å². The molecule has 218 valence electrons. The number of carbonyl (C=O) groups is 3. The van der Waals surface area contributed by atoms with Crippen molar-refractivity contribution in [3.8, 4) is 0 Å². The molecule has 2 aliphatic heterocycles. The maximum atomic E-state index is 13.5. The van der Waals surface area contributed by atoms with Gasteiger partial charge in [-0.05, 0) is 48.7 Å². The Bertz CT molecular complexity index is 1310. The van der Waals surface area contributed by atoms with E-state index in [9.17, 15) is 34.6 Å². The SMILES string of the molecule is CC1CN(C(=O)OCc2ccc([N+](=O)[O-])cc2)CCN1C(=O)[C@H]1C[C@H](S)CN1C(=O)OCc1ccc([N+](=O)[O-])cc1. The Hall–Kier alpha value is -4.40. The number of nitro groups is 2. The lowest BCUT2D eigenvalue weighted by Gasteiger charge is -2.41. The highest BCUT2D eigenvalue weighted by molar-refractivity contribution is 7.81. The molecular weight excluding hydrogens is 558 g/mol. The van der Waals surface area contributed by atoms with E-state index in [-0.39, 0.29) is 68.0 Å². The molecule has 0 saturated carbocycles. The zero-order valence-corrected chi connectivity index (χ0v) is 23.1. The van der Waals surface area contributed by atoms with Crippen LogP contribution in [0, 0.1) is 20.2 Å². The average Bonchev–Trinajstić information content (AvgIpc) is 3.36. The van der Waals surface area contributed by atoms with Crippen LogP contribution in [0.5, 0.6) is 0 Å².